The van der Waals surface area contributed by atoms with E-state index in [9.17, 15) is 45.6 Å². The molecule has 0 aromatic heterocycles. The van der Waals surface area contributed by atoms with E-state index in [1.165, 1.54) is 0 Å². The summed E-state index contributed by atoms with van der Waals surface area (Å²) in [6, 6.07) is -0.970. The van der Waals surface area contributed by atoms with E-state index in [4.69, 9.17) is 18.9 Å². The second kappa shape index (κ2) is 32.6. The molecule has 2 heterocycles. The Bertz CT molecular complexity index is 1370. The van der Waals surface area contributed by atoms with Crippen molar-refractivity contribution in [3.63, 3.8) is 0 Å². The minimum Gasteiger partial charge on any atom is -0.394 e. The fraction of sp³-hybridized carbons (Fsp3) is 0.630. The third kappa shape index (κ3) is 20.6. The van der Waals surface area contributed by atoms with Crippen molar-refractivity contribution in [1.82, 2.24) is 5.32 Å². The molecule has 14 heteroatoms. The van der Waals surface area contributed by atoms with Crippen LogP contribution in [0.4, 0.5) is 0 Å². The molecule has 0 aliphatic carbocycles. The second-order valence-corrected chi connectivity index (χ2v) is 14.7. The van der Waals surface area contributed by atoms with E-state index in [0.717, 1.165) is 51.4 Å². The highest BCUT2D eigenvalue weighted by molar-refractivity contribution is 5.76. The molecule has 2 saturated heterocycles. The Morgan fingerprint density at radius 2 is 1.15 bits per heavy atom. The van der Waals surface area contributed by atoms with Gasteiger partial charge in [-0.1, -0.05) is 104 Å². The summed E-state index contributed by atoms with van der Waals surface area (Å²) in [6.45, 7) is 2.31. The van der Waals surface area contributed by atoms with Crippen LogP contribution < -0.4 is 5.32 Å². The maximum atomic E-state index is 13.0. The summed E-state index contributed by atoms with van der Waals surface area (Å²) < 4.78 is 22.5. The van der Waals surface area contributed by atoms with Crippen LogP contribution in [0.5, 0.6) is 0 Å². The van der Waals surface area contributed by atoms with Gasteiger partial charge in [-0.25, -0.2) is 0 Å². The van der Waals surface area contributed by atoms with Crippen LogP contribution >= 0.6 is 0 Å². The highest BCUT2D eigenvalue weighted by Crippen LogP contribution is 2.29. The third-order valence-electron chi connectivity index (χ3n) is 9.83. The zero-order valence-electron chi connectivity index (χ0n) is 35.4. The Morgan fingerprint density at radius 1 is 0.633 bits per heavy atom. The van der Waals surface area contributed by atoms with Crippen LogP contribution in [-0.4, -0.2) is 140 Å². The fourth-order valence-corrected chi connectivity index (χ4v) is 6.30. The normalized spacial score (nSPS) is 29.2. The van der Waals surface area contributed by atoms with E-state index < -0.39 is 86.8 Å². The first-order chi connectivity index (χ1) is 29.1. The molecule has 1 amide bonds. The van der Waals surface area contributed by atoms with Gasteiger partial charge in [0.25, 0.3) is 0 Å². The van der Waals surface area contributed by atoms with Crippen molar-refractivity contribution < 1.29 is 64.6 Å². The van der Waals surface area contributed by atoms with Crippen LogP contribution in [0, 0.1) is 0 Å². The Morgan fingerprint density at radius 3 is 1.73 bits per heavy atom. The smallest absolute Gasteiger partial charge is 0.220 e. The minimum atomic E-state index is -1.80. The van der Waals surface area contributed by atoms with Crippen LogP contribution in [0.25, 0.3) is 0 Å². The zero-order chi connectivity index (χ0) is 44.0. The molecule has 0 saturated carbocycles. The number of hydrogen-bond donors (Lipinski definition) is 9. The number of ether oxygens (including phenoxy) is 4. The Hall–Kier alpha value is -3.09. The summed E-state index contributed by atoms with van der Waals surface area (Å²) in [5.74, 6) is -0.321. The predicted octanol–water partition coefficient (Wildman–Crippen LogP) is 3.64. The van der Waals surface area contributed by atoms with E-state index in [2.05, 4.69) is 85.2 Å². The van der Waals surface area contributed by atoms with Gasteiger partial charge in [-0.15, -0.1) is 0 Å². The van der Waals surface area contributed by atoms with Gasteiger partial charge in [0.2, 0.25) is 5.91 Å². The van der Waals surface area contributed by atoms with Crippen LogP contribution in [0.15, 0.2) is 97.2 Å². The van der Waals surface area contributed by atoms with Crippen molar-refractivity contribution in [1.29, 1.82) is 0 Å². The molecule has 60 heavy (non-hydrogen) atoms. The predicted molar refractivity (Wildman–Crippen MR) is 230 cm³/mol. The van der Waals surface area contributed by atoms with Gasteiger partial charge in [-0.3, -0.25) is 4.79 Å². The van der Waals surface area contributed by atoms with E-state index in [0.29, 0.717) is 19.3 Å². The van der Waals surface area contributed by atoms with Crippen molar-refractivity contribution in [2.45, 2.75) is 164 Å². The average Bonchev–Trinajstić information content (AvgIpc) is 3.24. The number of rotatable bonds is 29. The summed E-state index contributed by atoms with van der Waals surface area (Å²) in [4.78, 5) is 13.0. The Labute approximate surface area is 356 Å². The van der Waals surface area contributed by atoms with Gasteiger partial charge in [0.15, 0.2) is 12.6 Å². The summed E-state index contributed by atoms with van der Waals surface area (Å²) in [6.07, 6.45) is 25.0. The van der Waals surface area contributed by atoms with Crippen molar-refractivity contribution in [3.05, 3.63) is 97.2 Å². The molecule has 12 atom stereocenters. The van der Waals surface area contributed by atoms with Crippen LogP contribution in [0.1, 0.15) is 90.9 Å². The number of carbonyl (C=O) groups is 1. The number of carbonyl (C=O) groups excluding carboxylic acids is 1. The maximum Gasteiger partial charge on any atom is 0.220 e. The first kappa shape index (κ1) is 53.0. The molecule has 0 spiro atoms. The SMILES string of the molecule is C/C=C/CC/C=C/CC/C=C/C(O)C(COC1OC(CO)C(OC2OC(CO)C(O)C(O)C2O)C(O)C1O)NC(=O)CCC/C=C\C/C=C\C/C=C\C/C=C\C/C=C\CC. The number of hydrogen-bond acceptors (Lipinski definition) is 13. The van der Waals surface area contributed by atoms with Gasteiger partial charge in [-0.2, -0.15) is 0 Å². The fourth-order valence-electron chi connectivity index (χ4n) is 6.30. The molecular weight excluding hydrogens is 774 g/mol. The molecule has 14 nitrogen and oxygen atoms in total. The van der Waals surface area contributed by atoms with Gasteiger partial charge in [0, 0.05) is 6.42 Å². The summed E-state index contributed by atoms with van der Waals surface area (Å²) in [7, 11) is 0. The number of unbranched alkanes of at least 4 members (excludes halogenated alkanes) is 3. The molecular formula is C46H73NO13. The van der Waals surface area contributed by atoms with Crippen molar-refractivity contribution in [2.75, 3.05) is 19.8 Å². The lowest BCUT2D eigenvalue weighted by Crippen LogP contribution is -2.65. The van der Waals surface area contributed by atoms with E-state index in [1.807, 2.05) is 19.1 Å². The lowest BCUT2D eigenvalue weighted by molar-refractivity contribution is -0.359. The van der Waals surface area contributed by atoms with Crippen molar-refractivity contribution in [2.24, 2.45) is 0 Å². The highest BCUT2D eigenvalue weighted by atomic mass is 16.7. The van der Waals surface area contributed by atoms with Crippen LogP contribution in [0.2, 0.25) is 0 Å². The highest BCUT2D eigenvalue weighted by Gasteiger charge is 2.50. The Kier molecular flexibility index (Phi) is 28.8. The standard InChI is InChI=1S/C46H73NO13/c1-3-5-7-9-11-13-14-15-16-17-18-19-20-22-24-26-28-30-38(51)47-34(35(50)29-27-25-23-21-12-10-8-6-4-2)33-57-45-43(56)41(54)44(37(32-49)59-45)60-46-42(55)40(53)39(52)36(31-48)58-46/h4-7,11-13,15-16,18-19,21-22,24,27,29,34-37,39-46,48-50,52-56H,3,8-10,14,17,20,23,25-26,28,30-33H2,1-2H3,(H,47,51)/b6-4+,7-5-,13-11-,16-15-,19-18-,21-12+,24-22-,29-27+. The molecule has 340 valence electrons. The summed E-state index contributed by atoms with van der Waals surface area (Å²) in [5, 5.41) is 86.1. The molecule has 9 N–H and O–H groups in total. The largest absolute Gasteiger partial charge is 0.394 e. The first-order valence-corrected chi connectivity index (χ1v) is 21.4. The van der Waals surface area contributed by atoms with Crippen LogP contribution in [0.3, 0.4) is 0 Å². The van der Waals surface area contributed by atoms with Crippen molar-refractivity contribution in [3.8, 4) is 0 Å². The lowest BCUT2D eigenvalue weighted by Gasteiger charge is -2.46. The third-order valence-corrected chi connectivity index (χ3v) is 9.83. The van der Waals surface area contributed by atoms with E-state index >= 15 is 0 Å². The molecule has 2 rings (SSSR count). The maximum absolute atomic E-state index is 13.0. The van der Waals surface area contributed by atoms with E-state index in [1.54, 1.807) is 12.2 Å². The van der Waals surface area contributed by atoms with Gasteiger partial charge in [0.1, 0.15) is 48.8 Å². The number of allylic oxidation sites excluding steroid dienone is 15. The number of nitrogens with one attached hydrogen (secondary N) is 1. The molecule has 0 aromatic carbocycles. The number of amides is 1. The number of aliphatic hydroxyl groups is 8. The lowest BCUT2D eigenvalue weighted by atomic mass is 9.97. The molecule has 2 fully saturated rings. The first-order valence-electron chi connectivity index (χ1n) is 21.4. The molecule has 2 aliphatic heterocycles. The summed E-state index contributed by atoms with van der Waals surface area (Å²) in [5.41, 5.74) is 0. The zero-order valence-corrected chi connectivity index (χ0v) is 35.4. The second-order valence-electron chi connectivity index (χ2n) is 14.7. The molecule has 2 aliphatic rings. The Balaban J connectivity index is 1.94. The summed E-state index contributed by atoms with van der Waals surface area (Å²) >= 11 is 0. The topological polar surface area (TPSA) is 228 Å². The average molecular weight is 848 g/mol. The molecule has 0 bridgehead atoms. The van der Waals surface area contributed by atoms with Gasteiger partial charge >= 0.3 is 0 Å². The molecule has 12 unspecified atom stereocenters. The molecule has 0 aromatic rings. The van der Waals surface area contributed by atoms with E-state index in [-0.39, 0.29) is 18.9 Å². The van der Waals surface area contributed by atoms with Crippen molar-refractivity contribution >= 4 is 5.91 Å². The quantitative estimate of drug-likeness (QED) is 0.0388. The minimum absolute atomic E-state index is 0.185. The van der Waals surface area contributed by atoms with Gasteiger partial charge in [-0.05, 0) is 77.6 Å². The number of aliphatic hydroxyl groups excluding tert-OH is 8. The van der Waals surface area contributed by atoms with Crippen LogP contribution in [-0.2, 0) is 23.7 Å². The van der Waals surface area contributed by atoms with Gasteiger partial charge < -0.3 is 65.1 Å². The van der Waals surface area contributed by atoms with Gasteiger partial charge in [0.05, 0.1) is 32.0 Å². The monoisotopic (exact) mass is 848 g/mol. The molecule has 0 radical (unpaired) electrons.